The number of aliphatic imine (C=N–C) groups is 1. The zero-order chi connectivity index (χ0) is 13.7. The van der Waals surface area contributed by atoms with Crippen LogP contribution in [0.5, 0.6) is 0 Å². The second-order valence-electron chi connectivity index (χ2n) is 4.31. The molecule has 0 radical (unpaired) electrons. The van der Waals surface area contributed by atoms with Crippen LogP contribution in [0.2, 0.25) is 0 Å². The average Bonchev–Trinajstić information content (AvgIpc) is 2.77. The number of aliphatic hydroxyl groups is 1. The topological polar surface area (TPSA) is 99.0 Å². The molecule has 1 unspecified atom stereocenters. The van der Waals surface area contributed by atoms with Crippen molar-refractivity contribution in [2.24, 2.45) is 10.9 Å². The summed E-state index contributed by atoms with van der Waals surface area (Å²) in [4.78, 5) is 25.9. The Bertz CT molecular complexity index is 359. The fourth-order valence-electron chi connectivity index (χ4n) is 1.57. The van der Waals surface area contributed by atoms with Crippen LogP contribution in [0.25, 0.3) is 0 Å². The lowest BCUT2D eigenvalue weighted by atomic mass is 9.98. The minimum absolute atomic E-state index is 0.0535. The van der Waals surface area contributed by atoms with E-state index in [2.05, 4.69) is 10.3 Å². The van der Waals surface area contributed by atoms with E-state index >= 15 is 0 Å². The van der Waals surface area contributed by atoms with E-state index in [1.54, 1.807) is 0 Å². The molecule has 102 valence electrons. The fourth-order valence-corrected chi connectivity index (χ4v) is 2.72. The number of hydrogen-bond acceptors (Lipinski definition) is 5. The molecule has 1 amide bonds. The highest BCUT2D eigenvalue weighted by Gasteiger charge is 2.27. The van der Waals surface area contributed by atoms with Crippen LogP contribution in [0.15, 0.2) is 4.99 Å². The normalized spacial score (nSPS) is 22.2. The van der Waals surface area contributed by atoms with Crippen LogP contribution in [0.3, 0.4) is 0 Å². The zero-order valence-corrected chi connectivity index (χ0v) is 11.2. The van der Waals surface area contributed by atoms with Crippen LogP contribution >= 0.6 is 11.8 Å². The minimum atomic E-state index is -0.920. The quantitative estimate of drug-likeness (QED) is 0.638. The Hall–Kier alpha value is -1.08. The van der Waals surface area contributed by atoms with Gasteiger partial charge >= 0.3 is 5.97 Å². The average molecular weight is 274 g/mol. The molecule has 0 fully saturated rings. The number of carbonyl (C=O) groups excluding carboxylic acids is 1. The molecule has 1 aliphatic rings. The third kappa shape index (κ3) is 4.30. The summed E-state index contributed by atoms with van der Waals surface area (Å²) >= 11 is 1.41. The standard InChI is InChI=1S/C11H18N2O4S/c1-6(8(14)4-9(15)12-2)3-10-13-7(5-18-10)11(16)17/h6-8,14H,3-5H2,1-2H3,(H,12,15)(H,16,17)/t6-,7?,8+/m1/s1. The molecule has 7 heteroatoms. The highest BCUT2D eigenvalue weighted by molar-refractivity contribution is 8.14. The monoisotopic (exact) mass is 274 g/mol. The first kappa shape index (κ1) is 15.0. The third-order valence-electron chi connectivity index (χ3n) is 2.82. The lowest BCUT2D eigenvalue weighted by Gasteiger charge is -2.17. The largest absolute Gasteiger partial charge is 0.480 e. The summed E-state index contributed by atoms with van der Waals surface area (Å²) in [5, 5.41) is 21.8. The number of nitrogens with zero attached hydrogens (tertiary/aromatic N) is 1. The van der Waals surface area contributed by atoms with Crippen LogP contribution in [0.1, 0.15) is 19.8 Å². The minimum Gasteiger partial charge on any atom is -0.480 e. The number of carboxylic acids is 1. The van der Waals surface area contributed by atoms with E-state index in [4.69, 9.17) is 5.11 Å². The maximum absolute atomic E-state index is 11.1. The van der Waals surface area contributed by atoms with Crippen molar-refractivity contribution in [3.8, 4) is 0 Å². The molecule has 3 atom stereocenters. The Morgan fingerprint density at radius 3 is 2.78 bits per heavy atom. The summed E-state index contributed by atoms with van der Waals surface area (Å²) in [5.41, 5.74) is 0. The lowest BCUT2D eigenvalue weighted by molar-refractivity contribution is -0.137. The van der Waals surface area contributed by atoms with Gasteiger partial charge in [-0.25, -0.2) is 4.79 Å². The molecule has 1 heterocycles. The number of thioether (sulfide) groups is 1. The molecular formula is C11H18N2O4S. The Morgan fingerprint density at radius 2 is 2.28 bits per heavy atom. The summed E-state index contributed by atoms with van der Waals surface area (Å²) in [6.07, 6.45) is -0.179. The predicted octanol–water partition coefficient (Wildman–Crippen LogP) is 0.108. The number of amides is 1. The van der Waals surface area contributed by atoms with E-state index in [9.17, 15) is 14.7 Å². The summed E-state index contributed by atoms with van der Waals surface area (Å²) in [6, 6.07) is -0.673. The van der Waals surface area contributed by atoms with E-state index in [0.29, 0.717) is 12.2 Å². The molecule has 0 aromatic carbocycles. The van der Waals surface area contributed by atoms with Crippen molar-refractivity contribution in [2.75, 3.05) is 12.8 Å². The molecule has 0 spiro atoms. The van der Waals surface area contributed by atoms with Gasteiger partial charge in [0.25, 0.3) is 0 Å². The SMILES string of the molecule is CNC(=O)C[C@H](O)[C@H](C)CC1=NC(C(=O)O)CS1. The first-order valence-electron chi connectivity index (χ1n) is 5.75. The van der Waals surface area contributed by atoms with E-state index in [0.717, 1.165) is 5.04 Å². The number of aliphatic carboxylic acids is 1. The van der Waals surface area contributed by atoms with Crippen LogP contribution in [-0.2, 0) is 9.59 Å². The van der Waals surface area contributed by atoms with E-state index in [-0.39, 0.29) is 18.2 Å². The highest BCUT2D eigenvalue weighted by atomic mass is 32.2. The maximum atomic E-state index is 11.1. The highest BCUT2D eigenvalue weighted by Crippen LogP contribution is 2.25. The molecular weight excluding hydrogens is 256 g/mol. The summed E-state index contributed by atoms with van der Waals surface area (Å²) < 4.78 is 0. The van der Waals surface area contributed by atoms with Crippen LogP contribution in [0, 0.1) is 5.92 Å². The smallest absolute Gasteiger partial charge is 0.329 e. The van der Waals surface area contributed by atoms with Gasteiger partial charge in [-0.15, -0.1) is 11.8 Å². The van der Waals surface area contributed by atoms with Crippen molar-refractivity contribution >= 4 is 28.7 Å². The number of carbonyl (C=O) groups is 2. The van der Waals surface area contributed by atoms with Crippen molar-refractivity contribution in [3.05, 3.63) is 0 Å². The molecule has 0 aromatic rings. The van der Waals surface area contributed by atoms with Crippen LogP contribution < -0.4 is 5.32 Å². The molecule has 0 saturated heterocycles. The van der Waals surface area contributed by atoms with E-state index in [1.807, 2.05) is 6.92 Å². The van der Waals surface area contributed by atoms with E-state index < -0.39 is 18.1 Å². The van der Waals surface area contributed by atoms with Gasteiger partial charge < -0.3 is 15.5 Å². The van der Waals surface area contributed by atoms with Crippen molar-refractivity contribution < 1.29 is 19.8 Å². The van der Waals surface area contributed by atoms with Crippen molar-refractivity contribution in [1.82, 2.24) is 5.32 Å². The number of nitrogens with one attached hydrogen (secondary N) is 1. The zero-order valence-electron chi connectivity index (χ0n) is 10.4. The van der Waals surface area contributed by atoms with Crippen molar-refractivity contribution in [3.63, 3.8) is 0 Å². The number of carboxylic acid groups (broad SMARTS) is 1. The molecule has 0 bridgehead atoms. The lowest BCUT2D eigenvalue weighted by Crippen LogP contribution is -2.28. The van der Waals surface area contributed by atoms with Gasteiger partial charge in [-0.05, 0) is 5.92 Å². The van der Waals surface area contributed by atoms with Gasteiger partial charge in [0.1, 0.15) is 0 Å². The Kier molecular flexibility index (Phi) is 5.61. The maximum Gasteiger partial charge on any atom is 0.329 e. The van der Waals surface area contributed by atoms with Gasteiger partial charge in [-0.1, -0.05) is 6.92 Å². The molecule has 0 aromatic heterocycles. The number of rotatable bonds is 6. The Balaban J connectivity index is 2.45. The second kappa shape index (κ2) is 6.75. The van der Waals surface area contributed by atoms with Crippen LogP contribution in [0.4, 0.5) is 0 Å². The molecule has 6 nitrogen and oxygen atoms in total. The molecule has 18 heavy (non-hydrogen) atoms. The van der Waals surface area contributed by atoms with Gasteiger partial charge in [0.05, 0.1) is 17.6 Å². The molecule has 0 aliphatic carbocycles. The molecule has 1 aliphatic heterocycles. The molecule has 0 saturated carbocycles. The molecule has 3 N–H and O–H groups in total. The first-order chi connectivity index (χ1) is 8.43. The van der Waals surface area contributed by atoms with E-state index in [1.165, 1.54) is 18.8 Å². The summed E-state index contributed by atoms with van der Waals surface area (Å²) in [7, 11) is 1.52. The Morgan fingerprint density at radius 1 is 1.61 bits per heavy atom. The number of hydrogen-bond donors (Lipinski definition) is 3. The van der Waals surface area contributed by atoms with Gasteiger partial charge in [0.2, 0.25) is 5.91 Å². The Labute approximate surface area is 110 Å². The first-order valence-corrected chi connectivity index (χ1v) is 6.73. The van der Waals surface area contributed by atoms with Gasteiger partial charge in [0.15, 0.2) is 6.04 Å². The third-order valence-corrected chi connectivity index (χ3v) is 3.91. The second-order valence-corrected chi connectivity index (χ2v) is 5.41. The fraction of sp³-hybridized carbons (Fsp3) is 0.727. The summed E-state index contributed by atoms with van der Waals surface area (Å²) in [6.45, 7) is 1.82. The summed E-state index contributed by atoms with van der Waals surface area (Å²) in [5.74, 6) is -0.806. The number of aliphatic hydroxyl groups excluding tert-OH is 1. The van der Waals surface area contributed by atoms with Crippen molar-refractivity contribution in [1.29, 1.82) is 0 Å². The van der Waals surface area contributed by atoms with Gasteiger partial charge in [0, 0.05) is 19.2 Å². The van der Waals surface area contributed by atoms with Crippen molar-refractivity contribution in [2.45, 2.75) is 31.9 Å². The molecule has 1 rings (SSSR count). The van der Waals surface area contributed by atoms with Crippen LogP contribution in [-0.4, -0.2) is 52.1 Å². The van der Waals surface area contributed by atoms with Gasteiger partial charge in [-0.2, -0.15) is 0 Å². The predicted molar refractivity (Wildman–Crippen MR) is 69.8 cm³/mol. The van der Waals surface area contributed by atoms with Gasteiger partial charge in [-0.3, -0.25) is 9.79 Å².